The minimum absolute atomic E-state index is 0.177. The molecule has 0 bridgehead atoms. The molecule has 0 aromatic heterocycles. The number of hydrogen-bond acceptors (Lipinski definition) is 4. The maximum atomic E-state index is 11.9. The van der Waals surface area contributed by atoms with E-state index in [1.54, 1.807) is 0 Å². The van der Waals surface area contributed by atoms with Gasteiger partial charge in [-0.2, -0.15) is 0 Å². The van der Waals surface area contributed by atoms with Gasteiger partial charge in [-0.3, -0.25) is 14.6 Å². The van der Waals surface area contributed by atoms with E-state index < -0.39 is 5.54 Å². The normalized spacial score (nSPS) is 39.6. The lowest BCUT2D eigenvalue weighted by Gasteiger charge is -2.47. The first-order valence-corrected chi connectivity index (χ1v) is 8.11. The van der Waals surface area contributed by atoms with E-state index in [1.807, 2.05) is 7.05 Å². The molecule has 0 spiro atoms. The minimum Gasteiger partial charge on any atom is -0.368 e. The number of carbonyl (C=O) groups excluding carboxylic acids is 1. The molecule has 2 heterocycles. The van der Waals surface area contributed by atoms with Crippen molar-refractivity contribution in [3.8, 4) is 0 Å². The molecule has 3 rings (SSSR count). The first-order chi connectivity index (χ1) is 9.64. The maximum absolute atomic E-state index is 11.9. The number of piperazine rings is 1. The molecular formula is C15H28N4O. The Morgan fingerprint density at radius 1 is 1.15 bits per heavy atom. The Kier molecular flexibility index (Phi) is 4.02. The lowest BCUT2D eigenvalue weighted by Crippen LogP contribution is -2.62. The van der Waals surface area contributed by atoms with E-state index in [0.717, 1.165) is 31.8 Å². The summed E-state index contributed by atoms with van der Waals surface area (Å²) in [6.07, 6.45) is 6.77. The third-order valence-electron chi connectivity index (χ3n) is 5.81. The van der Waals surface area contributed by atoms with Gasteiger partial charge < -0.3 is 11.1 Å². The Balaban J connectivity index is 1.66. The van der Waals surface area contributed by atoms with Gasteiger partial charge in [-0.05, 0) is 52.1 Å². The molecule has 0 aromatic rings. The van der Waals surface area contributed by atoms with Crippen LogP contribution in [0, 0.1) is 0 Å². The minimum atomic E-state index is -0.476. The van der Waals surface area contributed by atoms with Crippen molar-refractivity contribution >= 4 is 5.91 Å². The lowest BCUT2D eigenvalue weighted by molar-refractivity contribution is -0.126. The van der Waals surface area contributed by atoms with Crippen LogP contribution in [-0.2, 0) is 4.79 Å². The Morgan fingerprint density at radius 2 is 1.90 bits per heavy atom. The summed E-state index contributed by atoms with van der Waals surface area (Å²) < 4.78 is 0. The van der Waals surface area contributed by atoms with E-state index >= 15 is 0 Å². The number of nitrogens with two attached hydrogens (primary N) is 1. The van der Waals surface area contributed by atoms with Crippen LogP contribution in [0.15, 0.2) is 0 Å². The van der Waals surface area contributed by atoms with Gasteiger partial charge in [0.05, 0.1) is 5.54 Å². The summed E-state index contributed by atoms with van der Waals surface area (Å²) >= 11 is 0. The highest BCUT2D eigenvalue weighted by Gasteiger charge is 2.43. The number of fused-ring (bicyclic) bond motifs is 1. The van der Waals surface area contributed by atoms with E-state index in [-0.39, 0.29) is 5.91 Å². The van der Waals surface area contributed by atoms with Crippen molar-refractivity contribution in [2.45, 2.75) is 56.1 Å². The number of amides is 1. The van der Waals surface area contributed by atoms with Crippen LogP contribution in [0.3, 0.4) is 0 Å². The number of hydrogen-bond donors (Lipinski definition) is 2. The summed E-state index contributed by atoms with van der Waals surface area (Å²) in [7, 11) is 1.88. The predicted molar refractivity (Wildman–Crippen MR) is 79.4 cm³/mol. The van der Waals surface area contributed by atoms with Crippen LogP contribution in [0.4, 0.5) is 0 Å². The Labute approximate surface area is 121 Å². The standard InChI is InChI=1S/C15H28N4O/c1-17-15(14(16)20)6-2-4-12(10-15)19-9-8-18-7-3-5-13(18)11-19/h12-13,17H,2-11H2,1H3,(H2,16,20). The second-order valence-corrected chi connectivity index (χ2v) is 6.77. The van der Waals surface area contributed by atoms with Crippen molar-refractivity contribution in [3.05, 3.63) is 0 Å². The number of rotatable bonds is 3. The molecule has 20 heavy (non-hydrogen) atoms. The van der Waals surface area contributed by atoms with Crippen molar-refractivity contribution in [1.29, 1.82) is 0 Å². The van der Waals surface area contributed by atoms with Gasteiger partial charge in [-0.1, -0.05) is 0 Å². The van der Waals surface area contributed by atoms with Gasteiger partial charge in [-0.25, -0.2) is 0 Å². The highest BCUT2D eigenvalue weighted by atomic mass is 16.1. The average Bonchev–Trinajstić information content (AvgIpc) is 2.94. The molecule has 3 fully saturated rings. The quantitative estimate of drug-likeness (QED) is 0.773. The van der Waals surface area contributed by atoms with Gasteiger partial charge in [0.25, 0.3) is 0 Å². The van der Waals surface area contributed by atoms with Crippen LogP contribution < -0.4 is 11.1 Å². The second kappa shape index (κ2) is 5.62. The number of carbonyl (C=O) groups is 1. The van der Waals surface area contributed by atoms with Gasteiger partial charge in [0.15, 0.2) is 0 Å². The van der Waals surface area contributed by atoms with Crippen LogP contribution in [0.5, 0.6) is 0 Å². The molecule has 0 aromatic carbocycles. The van der Waals surface area contributed by atoms with Gasteiger partial charge in [0.2, 0.25) is 5.91 Å². The molecule has 3 aliphatic rings. The molecule has 114 valence electrons. The second-order valence-electron chi connectivity index (χ2n) is 6.77. The predicted octanol–water partition coefficient (Wildman–Crippen LogP) is 0.153. The van der Waals surface area contributed by atoms with Crippen LogP contribution in [-0.4, -0.2) is 66.6 Å². The van der Waals surface area contributed by atoms with Crippen molar-refractivity contribution in [3.63, 3.8) is 0 Å². The third kappa shape index (κ3) is 2.47. The molecular weight excluding hydrogens is 252 g/mol. The van der Waals surface area contributed by atoms with E-state index in [1.165, 1.54) is 38.9 Å². The number of primary amides is 1. The summed E-state index contributed by atoms with van der Waals surface area (Å²) in [5.41, 5.74) is 5.19. The molecule has 5 nitrogen and oxygen atoms in total. The van der Waals surface area contributed by atoms with Crippen molar-refractivity contribution in [1.82, 2.24) is 15.1 Å². The number of nitrogens with zero attached hydrogens (tertiary/aromatic N) is 2. The molecule has 2 saturated heterocycles. The summed E-state index contributed by atoms with van der Waals surface area (Å²) in [6.45, 7) is 4.82. The van der Waals surface area contributed by atoms with Crippen molar-refractivity contribution in [2.75, 3.05) is 33.2 Å². The zero-order valence-corrected chi connectivity index (χ0v) is 12.6. The molecule has 2 aliphatic heterocycles. The largest absolute Gasteiger partial charge is 0.368 e. The van der Waals surface area contributed by atoms with Gasteiger partial charge in [0.1, 0.15) is 0 Å². The number of nitrogens with one attached hydrogen (secondary N) is 1. The third-order valence-corrected chi connectivity index (χ3v) is 5.81. The monoisotopic (exact) mass is 280 g/mol. The molecule has 3 N–H and O–H groups in total. The summed E-state index contributed by atoms with van der Waals surface area (Å²) in [6, 6.07) is 1.27. The van der Waals surface area contributed by atoms with E-state index in [4.69, 9.17) is 5.73 Å². The van der Waals surface area contributed by atoms with Crippen LogP contribution in [0.2, 0.25) is 0 Å². The fraction of sp³-hybridized carbons (Fsp3) is 0.933. The Bertz CT molecular complexity index is 375. The SMILES string of the molecule is CNC1(C(N)=O)CCCC(N2CCN3CCCC3C2)C1. The summed E-state index contributed by atoms with van der Waals surface area (Å²) in [5, 5.41) is 3.22. The molecule has 3 atom stereocenters. The summed E-state index contributed by atoms with van der Waals surface area (Å²) in [5.74, 6) is -0.177. The van der Waals surface area contributed by atoms with Crippen molar-refractivity contribution in [2.24, 2.45) is 5.73 Å². The maximum Gasteiger partial charge on any atom is 0.237 e. The fourth-order valence-corrected chi connectivity index (χ4v) is 4.48. The van der Waals surface area contributed by atoms with Crippen LogP contribution in [0.1, 0.15) is 38.5 Å². The fourth-order valence-electron chi connectivity index (χ4n) is 4.48. The smallest absolute Gasteiger partial charge is 0.237 e. The highest BCUT2D eigenvalue weighted by Crippen LogP contribution is 2.33. The topological polar surface area (TPSA) is 61.6 Å². The molecule has 0 radical (unpaired) electrons. The van der Waals surface area contributed by atoms with Gasteiger partial charge in [0, 0.05) is 31.7 Å². The van der Waals surface area contributed by atoms with Crippen molar-refractivity contribution < 1.29 is 4.79 Å². The average molecular weight is 280 g/mol. The van der Waals surface area contributed by atoms with E-state index in [2.05, 4.69) is 15.1 Å². The molecule has 1 saturated carbocycles. The van der Waals surface area contributed by atoms with E-state index in [9.17, 15) is 4.79 Å². The Hall–Kier alpha value is -0.650. The molecule has 1 aliphatic carbocycles. The first-order valence-electron chi connectivity index (χ1n) is 8.11. The van der Waals surface area contributed by atoms with Gasteiger partial charge in [-0.15, -0.1) is 0 Å². The first kappa shape index (κ1) is 14.3. The molecule has 3 unspecified atom stereocenters. The molecule has 1 amide bonds. The van der Waals surface area contributed by atoms with Crippen LogP contribution in [0.25, 0.3) is 0 Å². The zero-order chi connectivity index (χ0) is 14.2. The van der Waals surface area contributed by atoms with E-state index in [0.29, 0.717) is 6.04 Å². The zero-order valence-electron chi connectivity index (χ0n) is 12.6. The summed E-state index contributed by atoms with van der Waals surface area (Å²) in [4.78, 5) is 17.1. The van der Waals surface area contributed by atoms with Crippen LogP contribution >= 0.6 is 0 Å². The lowest BCUT2D eigenvalue weighted by atomic mass is 9.77. The highest BCUT2D eigenvalue weighted by molar-refractivity contribution is 5.84. The molecule has 5 heteroatoms. The Morgan fingerprint density at radius 3 is 2.65 bits per heavy atom. The van der Waals surface area contributed by atoms with Gasteiger partial charge >= 0.3 is 0 Å². The number of likely N-dealkylation sites (N-methyl/N-ethyl adjacent to an activating group) is 1.